The van der Waals surface area contributed by atoms with E-state index in [2.05, 4.69) is 14.8 Å². The molecule has 0 unspecified atom stereocenters. The quantitative estimate of drug-likeness (QED) is 0.449. The van der Waals surface area contributed by atoms with Crippen LogP contribution in [0.15, 0.2) is 53.4 Å². The number of halogens is 1. The van der Waals surface area contributed by atoms with Gasteiger partial charge in [0.05, 0.1) is 17.7 Å². The number of aromatic nitrogens is 3. The molecule has 30 heavy (non-hydrogen) atoms. The van der Waals surface area contributed by atoms with Gasteiger partial charge in [-0.2, -0.15) is 4.98 Å². The van der Waals surface area contributed by atoms with E-state index < -0.39 is 10.0 Å². The third-order valence-electron chi connectivity index (χ3n) is 4.61. The maximum atomic E-state index is 12.4. The minimum atomic E-state index is -3.61. The van der Waals surface area contributed by atoms with E-state index >= 15 is 0 Å². The zero-order valence-corrected chi connectivity index (χ0v) is 18.7. The number of aryl methyl sites for hydroxylation is 1. The minimum absolute atomic E-state index is 0.151. The maximum absolute atomic E-state index is 12.4. The van der Waals surface area contributed by atoms with Crippen LogP contribution >= 0.6 is 22.9 Å². The van der Waals surface area contributed by atoms with Gasteiger partial charge in [-0.05, 0) is 55.8 Å². The highest BCUT2D eigenvalue weighted by Gasteiger charge is 2.17. The molecule has 0 aliphatic heterocycles. The van der Waals surface area contributed by atoms with Crippen LogP contribution in [0.1, 0.15) is 10.6 Å². The monoisotopic (exact) mass is 462 g/mol. The van der Waals surface area contributed by atoms with Gasteiger partial charge in [-0.15, -0.1) is 5.10 Å². The van der Waals surface area contributed by atoms with Gasteiger partial charge in [0, 0.05) is 22.0 Å². The van der Waals surface area contributed by atoms with Crippen molar-refractivity contribution in [2.75, 3.05) is 13.7 Å². The first-order valence-corrected chi connectivity index (χ1v) is 11.8. The second kappa shape index (κ2) is 8.35. The number of ether oxygens (including phenoxy) is 1. The largest absolute Gasteiger partial charge is 0.497 e. The molecule has 7 nitrogen and oxygen atoms in total. The third kappa shape index (κ3) is 4.20. The highest BCUT2D eigenvalue weighted by Crippen LogP contribution is 2.26. The standard InChI is InChI=1S/C20H19ClN4O3S2/c1-13-18(10-11-22-30(26,27)17-5-3-4-15(21)12-17)29-20-23-19(24-25(13)20)14-6-8-16(28-2)9-7-14/h3-9,12,22H,10-11H2,1-2H3. The smallest absolute Gasteiger partial charge is 0.240 e. The molecular formula is C20H19ClN4O3S2. The normalized spacial score (nSPS) is 11.8. The Hall–Kier alpha value is -2.46. The summed E-state index contributed by atoms with van der Waals surface area (Å²) in [5.41, 5.74) is 1.85. The van der Waals surface area contributed by atoms with Crippen LogP contribution in [0.4, 0.5) is 0 Å². The molecule has 0 amide bonds. The summed E-state index contributed by atoms with van der Waals surface area (Å²) in [7, 11) is -1.98. The van der Waals surface area contributed by atoms with Crippen LogP contribution in [0.2, 0.25) is 5.02 Å². The first kappa shape index (κ1) is 20.8. The van der Waals surface area contributed by atoms with Crippen molar-refractivity contribution < 1.29 is 13.2 Å². The Morgan fingerprint density at radius 3 is 2.63 bits per heavy atom. The van der Waals surface area contributed by atoms with Crippen LogP contribution in [0, 0.1) is 6.92 Å². The Balaban J connectivity index is 1.47. The molecule has 0 radical (unpaired) electrons. The number of nitrogens with zero attached hydrogens (tertiary/aromatic N) is 3. The zero-order chi connectivity index (χ0) is 21.3. The predicted molar refractivity (Wildman–Crippen MR) is 118 cm³/mol. The van der Waals surface area contributed by atoms with Gasteiger partial charge >= 0.3 is 0 Å². The average Bonchev–Trinajstić information content (AvgIpc) is 3.28. The lowest BCUT2D eigenvalue weighted by atomic mass is 10.2. The second-order valence-corrected chi connectivity index (χ2v) is 9.84. The molecule has 1 N–H and O–H groups in total. The number of methoxy groups -OCH3 is 1. The molecule has 0 saturated carbocycles. The van der Waals surface area contributed by atoms with E-state index in [-0.39, 0.29) is 11.4 Å². The Labute approximate surface area is 183 Å². The molecule has 2 heterocycles. The number of sulfonamides is 1. The molecule has 0 atom stereocenters. The Bertz CT molecular complexity index is 1300. The van der Waals surface area contributed by atoms with E-state index in [1.54, 1.807) is 23.8 Å². The van der Waals surface area contributed by atoms with Crippen molar-refractivity contribution in [3.8, 4) is 17.1 Å². The minimum Gasteiger partial charge on any atom is -0.497 e. The van der Waals surface area contributed by atoms with Crippen molar-refractivity contribution in [1.29, 1.82) is 0 Å². The highest BCUT2D eigenvalue weighted by atomic mass is 35.5. The summed E-state index contributed by atoms with van der Waals surface area (Å²) >= 11 is 7.40. The fourth-order valence-electron chi connectivity index (χ4n) is 3.00. The molecule has 4 aromatic rings. The first-order valence-electron chi connectivity index (χ1n) is 9.12. The first-order chi connectivity index (χ1) is 14.4. The molecule has 0 spiro atoms. The van der Waals surface area contributed by atoms with Crippen LogP contribution in [0.25, 0.3) is 16.3 Å². The van der Waals surface area contributed by atoms with E-state index in [0.717, 1.165) is 26.8 Å². The van der Waals surface area contributed by atoms with Crippen molar-refractivity contribution in [1.82, 2.24) is 19.3 Å². The summed E-state index contributed by atoms with van der Waals surface area (Å²) in [4.78, 5) is 6.56. The number of fused-ring (bicyclic) bond motifs is 1. The summed E-state index contributed by atoms with van der Waals surface area (Å²) in [6.45, 7) is 2.22. The summed E-state index contributed by atoms with van der Waals surface area (Å²) in [5.74, 6) is 1.42. The molecule has 0 fully saturated rings. The molecule has 2 aromatic carbocycles. The van der Waals surface area contributed by atoms with Gasteiger partial charge in [0.15, 0.2) is 5.82 Å². The van der Waals surface area contributed by atoms with Gasteiger partial charge in [0.1, 0.15) is 5.75 Å². The molecule has 10 heteroatoms. The van der Waals surface area contributed by atoms with Gasteiger partial charge in [0.2, 0.25) is 15.0 Å². The number of rotatable bonds is 7. The molecule has 0 aliphatic rings. The molecule has 4 rings (SSSR count). The number of benzene rings is 2. The molecule has 2 aromatic heterocycles. The van der Waals surface area contributed by atoms with Crippen LogP contribution in [0.5, 0.6) is 5.75 Å². The number of nitrogens with one attached hydrogen (secondary N) is 1. The fourth-order valence-corrected chi connectivity index (χ4v) is 5.38. The molecule has 0 aliphatic carbocycles. The van der Waals surface area contributed by atoms with E-state index in [4.69, 9.17) is 16.3 Å². The van der Waals surface area contributed by atoms with E-state index in [1.807, 2.05) is 31.2 Å². The van der Waals surface area contributed by atoms with E-state index in [0.29, 0.717) is 17.3 Å². The lowest BCUT2D eigenvalue weighted by molar-refractivity contribution is 0.415. The van der Waals surface area contributed by atoms with E-state index in [9.17, 15) is 8.42 Å². The van der Waals surface area contributed by atoms with Crippen molar-refractivity contribution in [2.24, 2.45) is 0 Å². The van der Waals surface area contributed by atoms with Gasteiger partial charge < -0.3 is 4.74 Å². The second-order valence-electron chi connectivity index (χ2n) is 6.57. The number of thiazole rings is 1. The van der Waals surface area contributed by atoms with Crippen molar-refractivity contribution in [2.45, 2.75) is 18.2 Å². The zero-order valence-electron chi connectivity index (χ0n) is 16.3. The van der Waals surface area contributed by atoms with Gasteiger partial charge in [0.25, 0.3) is 0 Å². The van der Waals surface area contributed by atoms with Crippen molar-refractivity contribution in [3.63, 3.8) is 0 Å². The van der Waals surface area contributed by atoms with Gasteiger partial charge in [-0.3, -0.25) is 0 Å². The number of hydrogen-bond acceptors (Lipinski definition) is 6. The highest BCUT2D eigenvalue weighted by molar-refractivity contribution is 7.89. The summed E-state index contributed by atoms with van der Waals surface area (Å²) in [6, 6.07) is 13.8. The SMILES string of the molecule is COc1ccc(-c2nc3sc(CCNS(=O)(=O)c4cccc(Cl)c4)c(C)n3n2)cc1. The molecule has 0 saturated heterocycles. The van der Waals surface area contributed by atoms with E-state index in [1.165, 1.54) is 23.5 Å². The fraction of sp³-hybridized carbons (Fsp3) is 0.200. The van der Waals surface area contributed by atoms with Crippen LogP contribution in [-0.4, -0.2) is 36.7 Å². The third-order valence-corrected chi connectivity index (χ3v) is 7.50. The lowest BCUT2D eigenvalue weighted by Gasteiger charge is -2.06. The van der Waals surface area contributed by atoms with Crippen LogP contribution in [-0.2, 0) is 16.4 Å². The van der Waals surface area contributed by atoms with Crippen LogP contribution < -0.4 is 9.46 Å². The summed E-state index contributed by atoms with van der Waals surface area (Å²) < 4.78 is 34.4. The van der Waals surface area contributed by atoms with Gasteiger partial charge in [-0.1, -0.05) is 29.0 Å². The van der Waals surface area contributed by atoms with Crippen molar-refractivity contribution in [3.05, 3.63) is 64.1 Å². The average molecular weight is 463 g/mol. The lowest BCUT2D eigenvalue weighted by Crippen LogP contribution is -2.26. The molecule has 0 bridgehead atoms. The summed E-state index contributed by atoms with van der Waals surface area (Å²) in [6.07, 6.45) is 0.541. The molecule has 156 valence electrons. The topological polar surface area (TPSA) is 85.6 Å². The maximum Gasteiger partial charge on any atom is 0.240 e. The van der Waals surface area contributed by atoms with Crippen LogP contribution in [0.3, 0.4) is 0 Å². The van der Waals surface area contributed by atoms with Crippen molar-refractivity contribution >= 4 is 37.9 Å². The molecular weight excluding hydrogens is 444 g/mol. The number of hydrogen-bond donors (Lipinski definition) is 1. The Morgan fingerprint density at radius 2 is 1.97 bits per heavy atom. The Kier molecular flexibility index (Phi) is 5.79. The Morgan fingerprint density at radius 1 is 1.20 bits per heavy atom. The van der Waals surface area contributed by atoms with Gasteiger partial charge in [-0.25, -0.2) is 17.7 Å². The summed E-state index contributed by atoms with van der Waals surface area (Å²) in [5, 5.41) is 4.98. The predicted octanol–water partition coefficient (Wildman–Crippen LogP) is 3.95.